The molecule has 1 aromatic carbocycles. The topological polar surface area (TPSA) is 35.5 Å². The minimum atomic E-state index is -0.362. The first-order valence-corrected chi connectivity index (χ1v) is 7.27. The van der Waals surface area contributed by atoms with Crippen LogP contribution in [0.1, 0.15) is 31.2 Å². The van der Waals surface area contributed by atoms with E-state index in [1.165, 1.54) is 25.7 Å². The van der Waals surface area contributed by atoms with Gasteiger partial charge in [-0.2, -0.15) is 0 Å². The van der Waals surface area contributed by atoms with E-state index in [-0.39, 0.29) is 12.1 Å². The molecule has 1 aromatic rings. The summed E-state index contributed by atoms with van der Waals surface area (Å²) in [5, 5.41) is 13.3. The molecule has 1 unspecified atom stereocenters. The van der Waals surface area contributed by atoms with Crippen molar-refractivity contribution in [2.45, 2.75) is 37.3 Å². The Morgan fingerprint density at radius 2 is 1.89 bits per heavy atom. The second-order valence-electron chi connectivity index (χ2n) is 5.71. The second kappa shape index (κ2) is 6.51. The lowest BCUT2D eigenvalue weighted by Crippen LogP contribution is -2.53. The molecule has 1 aliphatic rings. The Balaban J connectivity index is 2.15. The van der Waals surface area contributed by atoms with Gasteiger partial charge in [-0.1, -0.05) is 43.2 Å². The van der Waals surface area contributed by atoms with E-state index in [1.54, 1.807) is 0 Å². The van der Waals surface area contributed by atoms with E-state index in [4.69, 9.17) is 0 Å². The van der Waals surface area contributed by atoms with Crippen molar-refractivity contribution in [3.63, 3.8) is 0 Å². The van der Waals surface area contributed by atoms with Crippen LogP contribution in [0.25, 0.3) is 0 Å². The Morgan fingerprint density at radius 3 is 2.42 bits per heavy atom. The van der Waals surface area contributed by atoms with Crippen LogP contribution in [0, 0.1) is 0 Å². The van der Waals surface area contributed by atoms with Gasteiger partial charge in [0.25, 0.3) is 0 Å². The maximum atomic E-state index is 9.93. The molecule has 0 bridgehead atoms. The zero-order valence-corrected chi connectivity index (χ0v) is 12.1. The number of hydrogen-bond acceptors (Lipinski definition) is 3. The summed E-state index contributed by atoms with van der Waals surface area (Å²) in [7, 11) is 4.12. The van der Waals surface area contributed by atoms with Gasteiger partial charge < -0.3 is 15.3 Å². The van der Waals surface area contributed by atoms with Crippen LogP contribution in [-0.4, -0.2) is 43.3 Å². The lowest BCUT2D eigenvalue weighted by molar-refractivity contribution is 0.105. The summed E-state index contributed by atoms with van der Waals surface area (Å²) in [4.78, 5) is 2.41. The van der Waals surface area contributed by atoms with Gasteiger partial charge in [-0.25, -0.2) is 0 Å². The van der Waals surface area contributed by atoms with Gasteiger partial charge in [0.2, 0.25) is 0 Å². The van der Waals surface area contributed by atoms with Gasteiger partial charge in [0.1, 0.15) is 0 Å². The van der Waals surface area contributed by atoms with Crippen molar-refractivity contribution < 1.29 is 5.11 Å². The molecule has 0 saturated heterocycles. The van der Waals surface area contributed by atoms with Gasteiger partial charge in [0, 0.05) is 12.6 Å². The first kappa shape index (κ1) is 14.5. The van der Waals surface area contributed by atoms with E-state index in [2.05, 4.69) is 29.4 Å². The molecule has 0 spiro atoms. The lowest BCUT2D eigenvalue weighted by atomic mass is 9.89. The Labute approximate surface area is 116 Å². The first-order valence-electron chi connectivity index (χ1n) is 7.27. The second-order valence-corrected chi connectivity index (χ2v) is 5.71. The van der Waals surface area contributed by atoms with Crippen molar-refractivity contribution >= 4 is 0 Å². The largest absolute Gasteiger partial charge is 0.394 e. The normalized spacial score (nSPS) is 19.8. The van der Waals surface area contributed by atoms with Crippen molar-refractivity contribution in [3.8, 4) is 0 Å². The van der Waals surface area contributed by atoms with Crippen molar-refractivity contribution in [3.05, 3.63) is 35.9 Å². The van der Waals surface area contributed by atoms with Crippen LogP contribution >= 0.6 is 0 Å². The first-order chi connectivity index (χ1) is 9.22. The Kier molecular flexibility index (Phi) is 4.97. The van der Waals surface area contributed by atoms with Gasteiger partial charge in [-0.05, 0) is 32.5 Å². The molecule has 3 heteroatoms. The Bertz CT molecular complexity index is 370. The number of likely N-dealkylation sites (N-methyl/N-ethyl adjacent to an activating group) is 2. The number of nitrogens with zero attached hydrogens (tertiary/aromatic N) is 1. The Morgan fingerprint density at radius 1 is 1.26 bits per heavy atom. The lowest BCUT2D eigenvalue weighted by Gasteiger charge is -2.38. The van der Waals surface area contributed by atoms with Crippen LogP contribution in [-0.2, 0) is 5.54 Å². The van der Waals surface area contributed by atoms with Crippen LogP contribution in [0.5, 0.6) is 0 Å². The number of aliphatic hydroxyl groups is 1. The molecule has 0 radical (unpaired) electrons. The standard InChI is InChI=1S/C16H26N2O/c1-17-16(13-19,14-8-4-3-5-9-14)12-18(2)15-10-6-7-11-15/h3-5,8-9,15,17,19H,6-7,10-13H2,1-2H3. The number of rotatable bonds is 6. The molecule has 2 N–H and O–H groups in total. The molecule has 3 nitrogen and oxygen atoms in total. The molecule has 0 aromatic heterocycles. The predicted octanol–water partition coefficient (Wildman–Crippen LogP) is 1.97. The molecule has 1 aliphatic carbocycles. The molecule has 106 valence electrons. The van der Waals surface area contributed by atoms with Crippen LogP contribution in [0.2, 0.25) is 0 Å². The molecule has 0 heterocycles. The maximum Gasteiger partial charge on any atom is 0.0795 e. The SMILES string of the molecule is CNC(CO)(CN(C)C1CCCC1)c1ccccc1. The number of nitrogens with one attached hydrogen (secondary N) is 1. The quantitative estimate of drug-likeness (QED) is 0.823. The van der Waals surface area contributed by atoms with Gasteiger partial charge in [-0.3, -0.25) is 0 Å². The average Bonchev–Trinajstić information content (AvgIpc) is 3.00. The van der Waals surface area contributed by atoms with Crippen molar-refractivity contribution in [2.75, 3.05) is 27.2 Å². The highest BCUT2D eigenvalue weighted by atomic mass is 16.3. The summed E-state index contributed by atoms with van der Waals surface area (Å²) in [6.45, 7) is 0.958. The zero-order valence-electron chi connectivity index (χ0n) is 12.1. The summed E-state index contributed by atoms with van der Waals surface area (Å²) >= 11 is 0. The van der Waals surface area contributed by atoms with E-state index in [0.717, 1.165) is 12.1 Å². The molecule has 19 heavy (non-hydrogen) atoms. The fourth-order valence-electron chi connectivity index (χ4n) is 3.19. The smallest absolute Gasteiger partial charge is 0.0795 e. The molecular formula is C16H26N2O. The minimum Gasteiger partial charge on any atom is -0.394 e. The predicted molar refractivity (Wildman–Crippen MR) is 79.2 cm³/mol. The van der Waals surface area contributed by atoms with Crippen LogP contribution in [0.4, 0.5) is 0 Å². The number of hydrogen-bond donors (Lipinski definition) is 2. The van der Waals surface area contributed by atoms with E-state index < -0.39 is 0 Å². The third-order valence-electron chi connectivity index (χ3n) is 4.54. The molecular weight excluding hydrogens is 236 g/mol. The van der Waals surface area contributed by atoms with Crippen molar-refractivity contribution in [1.29, 1.82) is 0 Å². The summed E-state index contributed by atoms with van der Waals surface area (Å²) < 4.78 is 0. The third kappa shape index (κ3) is 3.16. The summed E-state index contributed by atoms with van der Waals surface area (Å²) in [5.41, 5.74) is 0.795. The highest BCUT2D eigenvalue weighted by molar-refractivity contribution is 5.25. The van der Waals surface area contributed by atoms with Crippen molar-refractivity contribution in [2.24, 2.45) is 0 Å². The highest BCUT2D eigenvalue weighted by Gasteiger charge is 2.33. The molecule has 1 saturated carbocycles. The summed E-state index contributed by atoms with van der Waals surface area (Å²) in [6, 6.07) is 10.9. The molecule has 1 fully saturated rings. The van der Waals surface area contributed by atoms with E-state index in [9.17, 15) is 5.11 Å². The molecule has 2 rings (SSSR count). The highest BCUT2D eigenvalue weighted by Crippen LogP contribution is 2.27. The van der Waals surface area contributed by atoms with Crippen LogP contribution < -0.4 is 5.32 Å². The summed E-state index contributed by atoms with van der Waals surface area (Å²) in [6.07, 6.45) is 5.26. The molecule has 0 aliphatic heterocycles. The van der Waals surface area contributed by atoms with Gasteiger partial charge in [0.15, 0.2) is 0 Å². The molecule has 1 atom stereocenters. The monoisotopic (exact) mass is 262 g/mol. The average molecular weight is 262 g/mol. The zero-order chi connectivity index (χ0) is 13.7. The number of benzene rings is 1. The van der Waals surface area contributed by atoms with Gasteiger partial charge in [-0.15, -0.1) is 0 Å². The van der Waals surface area contributed by atoms with Gasteiger partial charge >= 0.3 is 0 Å². The van der Waals surface area contributed by atoms with E-state index >= 15 is 0 Å². The van der Waals surface area contributed by atoms with Crippen molar-refractivity contribution in [1.82, 2.24) is 10.2 Å². The fraction of sp³-hybridized carbons (Fsp3) is 0.625. The van der Waals surface area contributed by atoms with Crippen LogP contribution in [0.3, 0.4) is 0 Å². The minimum absolute atomic E-state index is 0.116. The van der Waals surface area contributed by atoms with E-state index in [0.29, 0.717) is 6.04 Å². The third-order valence-corrected chi connectivity index (χ3v) is 4.54. The summed E-state index contributed by atoms with van der Waals surface area (Å²) in [5.74, 6) is 0. The van der Waals surface area contributed by atoms with Crippen LogP contribution in [0.15, 0.2) is 30.3 Å². The molecule has 0 amide bonds. The van der Waals surface area contributed by atoms with Gasteiger partial charge in [0.05, 0.1) is 12.1 Å². The number of aliphatic hydroxyl groups excluding tert-OH is 1. The van der Waals surface area contributed by atoms with E-state index in [1.807, 2.05) is 25.2 Å². The maximum absolute atomic E-state index is 9.93. The Hall–Kier alpha value is -0.900. The fourth-order valence-corrected chi connectivity index (χ4v) is 3.19.